The van der Waals surface area contributed by atoms with Gasteiger partial charge in [-0.1, -0.05) is 12.1 Å². The molecule has 18 heavy (non-hydrogen) atoms. The maximum absolute atomic E-state index is 9.72. The van der Waals surface area contributed by atoms with Gasteiger partial charge in [0.25, 0.3) is 0 Å². The number of hydrogen-bond acceptors (Lipinski definition) is 4. The highest BCUT2D eigenvalue weighted by molar-refractivity contribution is 5.44. The number of phenolic OH excluding ortho intramolecular Hbond substituents is 2. The molecule has 3 N–H and O–H groups in total. The van der Waals surface area contributed by atoms with E-state index in [2.05, 4.69) is 19.2 Å². The normalized spacial score (nSPS) is 22.9. The Labute approximate surface area is 108 Å². The van der Waals surface area contributed by atoms with Crippen LogP contribution in [0.5, 0.6) is 11.5 Å². The van der Waals surface area contributed by atoms with Gasteiger partial charge in [0.05, 0.1) is 5.60 Å². The van der Waals surface area contributed by atoms with Crippen LogP contribution in [0.15, 0.2) is 18.2 Å². The molecule has 4 nitrogen and oxygen atoms in total. The van der Waals surface area contributed by atoms with Crippen molar-refractivity contribution in [3.63, 3.8) is 0 Å². The van der Waals surface area contributed by atoms with Crippen molar-refractivity contribution < 1.29 is 14.9 Å². The molecule has 1 saturated heterocycles. The third-order valence-corrected chi connectivity index (χ3v) is 3.38. The van der Waals surface area contributed by atoms with Crippen LogP contribution >= 0.6 is 0 Å². The Morgan fingerprint density at radius 1 is 1.39 bits per heavy atom. The molecule has 4 heteroatoms. The summed E-state index contributed by atoms with van der Waals surface area (Å²) >= 11 is 0. The Morgan fingerprint density at radius 3 is 2.89 bits per heavy atom. The lowest BCUT2D eigenvalue weighted by Gasteiger charge is -2.36. The molecule has 1 atom stereocenters. The second-order valence-corrected chi connectivity index (χ2v) is 5.46. The van der Waals surface area contributed by atoms with Crippen LogP contribution in [0.25, 0.3) is 0 Å². The predicted octanol–water partition coefficient (Wildman–Crippen LogP) is 2.14. The summed E-state index contributed by atoms with van der Waals surface area (Å²) < 4.78 is 5.66. The fourth-order valence-corrected chi connectivity index (χ4v) is 2.38. The van der Waals surface area contributed by atoms with E-state index < -0.39 is 0 Å². The lowest BCUT2D eigenvalue weighted by molar-refractivity contribution is -0.0630. The second-order valence-electron chi connectivity index (χ2n) is 5.46. The molecular weight excluding hydrogens is 230 g/mol. The van der Waals surface area contributed by atoms with Crippen molar-refractivity contribution in [1.29, 1.82) is 0 Å². The van der Waals surface area contributed by atoms with E-state index in [0.29, 0.717) is 12.6 Å². The van der Waals surface area contributed by atoms with Gasteiger partial charge in [-0.3, -0.25) is 0 Å². The van der Waals surface area contributed by atoms with Crippen LogP contribution in [0.3, 0.4) is 0 Å². The summed E-state index contributed by atoms with van der Waals surface area (Å²) in [6.45, 7) is 5.50. The minimum atomic E-state index is -0.0865. The van der Waals surface area contributed by atoms with Crippen molar-refractivity contribution in [2.75, 3.05) is 6.61 Å². The quantitative estimate of drug-likeness (QED) is 0.720. The SMILES string of the molecule is CC1(C)CC(NCc2cccc(O)c2O)CCO1. The van der Waals surface area contributed by atoms with Gasteiger partial charge in [0.2, 0.25) is 0 Å². The number of benzene rings is 1. The van der Waals surface area contributed by atoms with Gasteiger partial charge in [0.15, 0.2) is 11.5 Å². The van der Waals surface area contributed by atoms with Crippen molar-refractivity contribution in [3.05, 3.63) is 23.8 Å². The summed E-state index contributed by atoms with van der Waals surface area (Å²) in [4.78, 5) is 0. The lowest BCUT2D eigenvalue weighted by Crippen LogP contribution is -2.43. The first-order valence-electron chi connectivity index (χ1n) is 6.35. The molecule has 2 rings (SSSR count). The van der Waals surface area contributed by atoms with E-state index in [1.165, 1.54) is 6.07 Å². The van der Waals surface area contributed by atoms with Crippen molar-refractivity contribution in [1.82, 2.24) is 5.32 Å². The molecule has 1 aliphatic heterocycles. The molecular formula is C14H21NO3. The first kappa shape index (κ1) is 13.2. The van der Waals surface area contributed by atoms with Gasteiger partial charge in [-0.15, -0.1) is 0 Å². The number of aromatic hydroxyl groups is 2. The minimum absolute atomic E-state index is 0.0312. The van der Waals surface area contributed by atoms with E-state index in [1.807, 2.05) is 6.07 Å². The van der Waals surface area contributed by atoms with Crippen molar-refractivity contribution >= 4 is 0 Å². The summed E-state index contributed by atoms with van der Waals surface area (Å²) in [5, 5.41) is 22.5. The molecule has 0 bridgehead atoms. The van der Waals surface area contributed by atoms with E-state index in [0.717, 1.165) is 25.0 Å². The molecule has 0 spiro atoms. The largest absolute Gasteiger partial charge is 0.504 e. The highest BCUT2D eigenvalue weighted by Gasteiger charge is 2.28. The van der Waals surface area contributed by atoms with E-state index in [4.69, 9.17) is 4.74 Å². The Balaban J connectivity index is 1.93. The van der Waals surface area contributed by atoms with Gasteiger partial charge >= 0.3 is 0 Å². The fourth-order valence-electron chi connectivity index (χ4n) is 2.38. The molecule has 0 radical (unpaired) electrons. The number of hydrogen-bond donors (Lipinski definition) is 3. The number of ether oxygens (including phenoxy) is 1. The van der Waals surface area contributed by atoms with Crippen LogP contribution in [-0.4, -0.2) is 28.5 Å². The predicted molar refractivity (Wildman–Crippen MR) is 69.7 cm³/mol. The van der Waals surface area contributed by atoms with Crippen LogP contribution in [0.1, 0.15) is 32.3 Å². The molecule has 1 aromatic carbocycles. The third-order valence-electron chi connectivity index (χ3n) is 3.38. The zero-order valence-electron chi connectivity index (χ0n) is 10.9. The van der Waals surface area contributed by atoms with Crippen molar-refractivity contribution in [2.45, 2.75) is 44.9 Å². The standard InChI is InChI=1S/C14H21NO3/c1-14(2)8-11(6-7-18-14)15-9-10-4-3-5-12(16)13(10)17/h3-5,11,15-17H,6-9H2,1-2H3. The zero-order chi connectivity index (χ0) is 13.2. The maximum Gasteiger partial charge on any atom is 0.161 e. The zero-order valence-corrected chi connectivity index (χ0v) is 10.9. The molecule has 1 fully saturated rings. The van der Waals surface area contributed by atoms with Crippen LogP contribution < -0.4 is 5.32 Å². The summed E-state index contributed by atoms with van der Waals surface area (Å²) in [5.41, 5.74) is 0.635. The maximum atomic E-state index is 9.72. The van der Waals surface area contributed by atoms with Crippen molar-refractivity contribution in [2.24, 2.45) is 0 Å². The number of nitrogens with one attached hydrogen (secondary N) is 1. The first-order chi connectivity index (χ1) is 8.48. The van der Waals surface area contributed by atoms with Crippen LogP contribution in [0.2, 0.25) is 0 Å². The third kappa shape index (κ3) is 3.15. The summed E-state index contributed by atoms with van der Waals surface area (Å²) in [6, 6.07) is 5.42. The number of rotatable bonds is 3. The Hall–Kier alpha value is -1.26. The summed E-state index contributed by atoms with van der Waals surface area (Å²) in [7, 11) is 0. The van der Waals surface area contributed by atoms with E-state index >= 15 is 0 Å². The monoisotopic (exact) mass is 251 g/mol. The number of phenols is 2. The van der Waals surface area contributed by atoms with Gasteiger partial charge < -0.3 is 20.3 Å². The van der Waals surface area contributed by atoms with Crippen LogP contribution in [0.4, 0.5) is 0 Å². The molecule has 0 aromatic heterocycles. The topological polar surface area (TPSA) is 61.7 Å². The van der Waals surface area contributed by atoms with Crippen LogP contribution in [-0.2, 0) is 11.3 Å². The molecule has 1 aliphatic rings. The molecule has 100 valence electrons. The fraction of sp³-hybridized carbons (Fsp3) is 0.571. The van der Waals surface area contributed by atoms with E-state index in [9.17, 15) is 10.2 Å². The van der Waals surface area contributed by atoms with Crippen LogP contribution in [0, 0.1) is 0 Å². The van der Waals surface area contributed by atoms with Gasteiger partial charge in [0.1, 0.15) is 0 Å². The molecule has 1 unspecified atom stereocenters. The highest BCUT2D eigenvalue weighted by atomic mass is 16.5. The molecule has 0 amide bonds. The van der Waals surface area contributed by atoms with Gasteiger partial charge in [-0.25, -0.2) is 0 Å². The van der Waals surface area contributed by atoms with Gasteiger partial charge in [-0.2, -0.15) is 0 Å². The van der Waals surface area contributed by atoms with Gasteiger partial charge in [-0.05, 0) is 32.8 Å². The molecule has 1 heterocycles. The minimum Gasteiger partial charge on any atom is -0.504 e. The Bertz CT molecular complexity index is 418. The Kier molecular flexibility index (Phi) is 3.78. The van der Waals surface area contributed by atoms with E-state index in [1.54, 1.807) is 6.07 Å². The van der Waals surface area contributed by atoms with Crippen molar-refractivity contribution in [3.8, 4) is 11.5 Å². The smallest absolute Gasteiger partial charge is 0.161 e. The summed E-state index contributed by atoms with van der Waals surface area (Å²) in [6.07, 6.45) is 1.93. The van der Waals surface area contributed by atoms with E-state index in [-0.39, 0.29) is 17.1 Å². The average molecular weight is 251 g/mol. The second kappa shape index (κ2) is 5.16. The number of para-hydroxylation sites is 1. The summed E-state index contributed by atoms with van der Waals surface area (Å²) in [5.74, 6) is -0.0991. The first-order valence-corrected chi connectivity index (χ1v) is 6.35. The molecule has 0 aliphatic carbocycles. The molecule has 0 saturated carbocycles. The Morgan fingerprint density at radius 2 is 2.17 bits per heavy atom. The molecule has 1 aromatic rings. The lowest BCUT2D eigenvalue weighted by atomic mass is 9.94. The highest BCUT2D eigenvalue weighted by Crippen LogP contribution is 2.29. The average Bonchev–Trinajstić information content (AvgIpc) is 2.30. The van der Waals surface area contributed by atoms with Gasteiger partial charge in [0, 0.05) is 24.8 Å².